The highest BCUT2D eigenvalue weighted by Gasteiger charge is 2.09. The van der Waals surface area contributed by atoms with Gasteiger partial charge in [-0.15, -0.1) is 0 Å². The Kier molecular flexibility index (Phi) is 3.28. The summed E-state index contributed by atoms with van der Waals surface area (Å²) in [6.45, 7) is 0. The van der Waals surface area contributed by atoms with Crippen molar-refractivity contribution in [3.63, 3.8) is 0 Å². The van der Waals surface area contributed by atoms with Crippen LogP contribution in [0.15, 0.2) is 29.0 Å². The van der Waals surface area contributed by atoms with E-state index >= 15 is 0 Å². The molecule has 0 unspecified atom stereocenters. The number of hydrogen-bond donors (Lipinski definition) is 1. The van der Waals surface area contributed by atoms with E-state index in [9.17, 15) is 13.2 Å². The third-order valence-corrected chi connectivity index (χ3v) is 2.51. The number of nitrogens with one attached hydrogen (secondary N) is 1. The van der Waals surface area contributed by atoms with Crippen molar-refractivity contribution in [2.45, 2.75) is 0 Å². The van der Waals surface area contributed by atoms with Crippen LogP contribution in [-0.2, 0) is 0 Å². The molecule has 1 aromatic carbocycles. The summed E-state index contributed by atoms with van der Waals surface area (Å²) in [6, 6.07) is 2.91. The van der Waals surface area contributed by atoms with Gasteiger partial charge in [-0.2, -0.15) is 4.39 Å². The summed E-state index contributed by atoms with van der Waals surface area (Å²) < 4.78 is 39.2. The summed E-state index contributed by atoms with van der Waals surface area (Å²) in [7, 11) is 0. The Bertz CT molecular complexity index is 562. The van der Waals surface area contributed by atoms with Gasteiger partial charge in [0.05, 0.1) is 10.2 Å². The van der Waals surface area contributed by atoms with E-state index in [1.165, 1.54) is 6.07 Å². The van der Waals surface area contributed by atoms with E-state index < -0.39 is 17.6 Å². The SMILES string of the molecule is Fc1cc(Nc2cc(Br)c(F)cc2F)ncn1. The summed E-state index contributed by atoms with van der Waals surface area (Å²) in [5, 5.41) is 2.52. The zero-order chi connectivity index (χ0) is 12.4. The fourth-order valence-corrected chi connectivity index (χ4v) is 1.50. The zero-order valence-electron chi connectivity index (χ0n) is 8.22. The second-order valence-corrected chi connectivity index (χ2v) is 3.95. The highest BCUT2D eigenvalue weighted by atomic mass is 79.9. The largest absolute Gasteiger partial charge is 0.338 e. The molecule has 1 aromatic heterocycles. The number of anilines is 2. The first-order valence-electron chi connectivity index (χ1n) is 4.45. The Morgan fingerprint density at radius 1 is 1.00 bits per heavy atom. The smallest absolute Gasteiger partial charge is 0.218 e. The predicted octanol–water partition coefficient (Wildman–Crippen LogP) is 3.40. The van der Waals surface area contributed by atoms with Crippen molar-refractivity contribution < 1.29 is 13.2 Å². The molecular formula is C10H5BrF3N3. The Morgan fingerprint density at radius 3 is 2.47 bits per heavy atom. The second-order valence-electron chi connectivity index (χ2n) is 3.10. The number of halogens is 4. The molecule has 88 valence electrons. The van der Waals surface area contributed by atoms with E-state index in [2.05, 4.69) is 31.2 Å². The van der Waals surface area contributed by atoms with Gasteiger partial charge in [0.25, 0.3) is 0 Å². The summed E-state index contributed by atoms with van der Waals surface area (Å²) in [6.07, 6.45) is 0.994. The van der Waals surface area contributed by atoms with Crippen LogP contribution in [0.1, 0.15) is 0 Å². The van der Waals surface area contributed by atoms with Gasteiger partial charge in [-0.1, -0.05) is 0 Å². The normalized spacial score (nSPS) is 10.4. The van der Waals surface area contributed by atoms with Crippen LogP contribution < -0.4 is 5.32 Å². The van der Waals surface area contributed by atoms with Crippen molar-refractivity contribution in [2.24, 2.45) is 0 Å². The minimum atomic E-state index is -0.801. The van der Waals surface area contributed by atoms with Crippen molar-refractivity contribution in [3.8, 4) is 0 Å². The first-order chi connectivity index (χ1) is 8.06. The van der Waals surface area contributed by atoms with Crippen LogP contribution in [0.2, 0.25) is 0 Å². The van der Waals surface area contributed by atoms with Crippen LogP contribution in [0.25, 0.3) is 0 Å². The first kappa shape index (κ1) is 11.8. The lowest BCUT2D eigenvalue weighted by atomic mass is 10.3. The lowest BCUT2D eigenvalue weighted by Gasteiger charge is -2.07. The van der Waals surface area contributed by atoms with Crippen LogP contribution >= 0.6 is 15.9 Å². The quantitative estimate of drug-likeness (QED) is 0.682. The molecule has 17 heavy (non-hydrogen) atoms. The van der Waals surface area contributed by atoms with Crippen molar-refractivity contribution in [1.29, 1.82) is 0 Å². The van der Waals surface area contributed by atoms with E-state index in [1.807, 2.05) is 0 Å². The maximum Gasteiger partial charge on any atom is 0.218 e. The number of rotatable bonds is 2. The Labute approximate surface area is 103 Å². The zero-order valence-corrected chi connectivity index (χ0v) is 9.80. The number of aromatic nitrogens is 2. The molecule has 2 rings (SSSR count). The monoisotopic (exact) mass is 303 g/mol. The van der Waals surface area contributed by atoms with Crippen LogP contribution in [0, 0.1) is 17.6 Å². The fraction of sp³-hybridized carbons (Fsp3) is 0. The molecule has 7 heteroatoms. The van der Waals surface area contributed by atoms with Crippen molar-refractivity contribution in [1.82, 2.24) is 9.97 Å². The van der Waals surface area contributed by atoms with Crippen molar-refractivity contribution >= 4 is 27.4 Å². The van der Waals surface area contributed by atoms with Gasteiger partial charge >= 0.3 is 0 Å². The minimum Gasteiger partial charge on any atom is -0.338 e. The third kappa shape index (κ3) is 2.73. The second kappa shape index (κ2) is 4.70. The molecule has 0 aliphatic heterocycles. The molecule has 0 bridgehead atoms. The Hall–Kier alpha value is -1.63. The maximum absolute atomic E-state index is 13.4. The highest BCUT2D eigenvalue weighted by molar-refractivity contribution is 9.10. The average Bonchev–Trinajstić information content (AvgIpc) is 2.26. The van der Waals surface area contributed by atoms with Crippen LogP contribution in [0.3, 0.4) is 0 Å². The standard InChI is InChI=1S/C10H5BrF3N3/c11-5-1-8(7(13)2-6(5)12)17-10-3-9(14)15-4-16-10/h1-4H,(H,15,16,17). The molecule has 3 nitrogen and oxygen atoms in total. The lowest BCUT2D eigenvalue weighted by Crippen LogP contribution is -1.98. The molecule has 0 spiro atoms. The van der Waals surface area contributed by atoms with Gasteiger partial charge in [-0.3, -0.25) is 0 Å². The van der Waals surface area contributed by atoms with Gasteiger partial charge in [0, 0.05) is 12.1 Å². The van der Waals surface area contributed by atoms with Crippen LogP contribution in [0.4, 0.5) is 24.7 Å². The number of nitrogens with zero attached hydrogens (tertiary/aromatic N) is 2. The third-order valence-electron chi connectivity index (χ3n) is 1.91. The fourth-order valence-electron chi connectivity index (χ4n) is 1.16. The summed E-state index contributed by atoms with van der Waals surface area (Å²) in [5.41, 5.74) is -0.0172. The molecule has 0 saturated carbocycles. The van der Waals surface area contributed by atoms with Crippen LogP contribution in [0.5, 0.6) is 0 Å². The molecule has 0 amide bonds. The van der Waals surface area contributed by atoms with Gasteiger partial charge in [0.15, 0.2) is 0 Å². The molecule has 0 saturated heterocycles. The van der Waals surface area contributed by atoms with Gasteiger partial charge in [-0.05, 0) is 22.0 Å². The van der Waals surface area contributed by atoms with E-state index in [1.54, 1.807) is 0 Å². The molecule has 0 fully saturated rings. The molecule has 0 aliphatic rings. The molecule has 0 aliphatic carbocycles. The molecule has 2 aromatic rings. The Morgan fingerprint density at radius 2 is 1.76 bits per heavy atom. The summed E-state index contributed by atoms with van der Waals surface area (Å²) >= 11 is 2.92. The van der Waals surface area contributed by atoms with Gasteiger partial charge in [0.2, 0.25) is 5.95 Å². The van der Waals surface area contributed by atoms with E-state index in [0.29, 0.717) is 6.07 Å². The van der Waals surface area contributed by atoms with Gasteiger partial charge < -0.3 is 5.32 Å². The summed E-state index contributed by atoms with van der Waals surface area (Å²) in [4.78, 5) is 6.94. The summed E-state index contributed by atoms with van der Waals surface area (Å²) in [5.74, 6) is -2.19. The predicted molar refractivity (Wildman–Crippen MR) is 59.3 cm³/mol. The maximum atomic E-state index is 13.4. The molecule has 1 heterocycles. The number of hydrogen-bond acceptors (Lipinski definition) is 3. The molecular weight excluding hydrogens is 299 g/mol. The van der Waals surface area contributed by atoms with E-state index in [0.717, 1.165) is 12.4 Å². The first-order valence-corrected chi connectivity index (χ1v) is 5.24. The molecule has 0 radical (unpaired) electrons. The minimum absolute atomic E-state index is 0.0172. The van der Waals surface area contributed by atoms with Gasteiger partial charge in [0.1, 0.15) is 23.8 Å². The number of benzene rings is 1. The van der Waals surface area contributed by atoms with Gasteiger partial charge in [-0.25, -0.2) is 18.7 Å². The lowest BCUT2D eigenvalue weighted by molar-refractivity contribution is 0.578. The van der Waals surface area contributed by atoms with Crippen molar-refractivity contribution in [2.75, 3.05) is 5.32 Å². The van der Waals surface area contributed by atoms with Crippen molar-refractivity contribution in [3.05, 3.63) is 46.6 Å². The average molecular weight is 304 g/mol. The molecule has 1 N–H and O–H groups in total. The Balaban J connectivity index is 2.33. The molecule has 0 atom stereocenters. The van der Waals surface area contributed by atoms with E-state index in [4.69, 9.17) is 0 Å². The van der Waals surface area contributed by atoms with Crippen LogP contribution in [-0.4, -0.2) is 9.97 Å². The topological polar surface area (TPSA) is 37.8 Å². The van der Waals surface area contributed by atoms with E-state index in [-0.39, 0.29) is 16.0 Å². The highest BCUT2D eigenvalue weighted by Crippen LogP contribution is 2.25.